The Kier molecular flexibility index (Phi) is 4.73. The number of aryl methyl sites for hydroxylation is 2. The number of nitriles is 1. The second kappa shape index (κ2) is 6.93. The van der Waals surface area contributed by atoms with E-state index in [1.165, 1.54) is 12.8 Å². The standard InChI is InChI=1S/C18H23N5/c1-14-20-15(2)23(21-14)12-16-6-5-9-22(11-16)13-18-8-4-3-7-17(18)10-19/h3-4,7-8,16H,5-6,9,11-13H2,1-2H3. The number of likely N-dealkylation sites (tertiary alicyclic amines) is 1. The van der Waals surface area contributed by atoms with Crippen molar-refractivity contribution >= 4 is 0 Å². The smallest absolute Gasteiger partial charge is 0.147 e. The van der Waals surface area contributed by atoms with Crippen molar-refractivity contribution < 1.29 is 0 Å². The first-order valence-corrected chi connectivity index (χ1v) is 8.24. The van der Waals surface area contributed by atoms with Crippen LogP contribution in [0.5, 0.6) is 0 Å². The van der Waals surface area contributed by atoms with E-state index in [4.69, 9.17) is 0 Å². The molecule has 0 saturated carbocycles. The van der Waals surface area contributed by atoms with Gasteiger partial charge in [0.25, 0.3) is 0 Å². The zero-order chi connectivity index (χ0) is 16.2. The first kappa shape index (κ1) is 15.7. The highest BCUT2D eigenvalue weighted by molar-refractivity contribution is 5.37. The SMILES string of the molecule is Cc1nc(C)n(CC2CCCN(Cc3ccccc3C#N)C2)n1. The third-order valence-electron chi connectivity index (χ3n) is 4.53. The molecule has 3 rings (SSSR count). The molecule has 1 fully saturated rings. The number of hydrogen-bond acceptors (Lipinski definition) is 4. The first-order valence-electron chi connectivity index (χ1n) is 8.24. The zero-order valence-corrected chi connectivity index (χ0v) is 13.9. The van der Waals surface area contributed by atoms with Crippen LogP contribution in [0.3, 0.4) is 0 Å². The molecule has 1 atom stereocenters. The molecule has 1 aliphatic heterocycles. The average molecular weight is 309 g/mol. The van der Waals surface area contributed by atoms with E-state index in [0.29, 0.717) is 5.92 Å². The van der Waals surface area contributed by atoms with Crippen molar-refractivity contribution in [3.63, 3.8) is 0 Å². The molecule has 1 saturated heterocycles. The number of rotatable bonds is 4. The normalized spacial score (nSPS) is 18.7. The summed E-state index contributed by atoms with van der Waals surface area (Å²) in [5.74, 6) is 2.44. The van der Waals surface area contributed by atoms with Crippen LogP contribution in [-0.4, -0.2) is 32.8 Å². The summed E-state index contributed by atoms with van der Waals surface area (Å²) in [7, 11) is 0. The maximum absolute atomic E-state index is 9.24. The minimum atomic E-state index is 0.595. The molecular formula is C18H23N5. The molecule has 1 aromatic carbocycles. The van der Waals surface area contributed by atoms with Crippen molar-refractivity contribution in [3.05, 3.63) is 47.0 Å². The molecule has 0 radical (unpaired) electrons. The molecule has 5 heteroatoms. The summed E-state index contributed by atoms with van der Waals surface area (Å²) >= 11 is 0. The molecular weight excluding hydrogens is 286 g/mol. The fourth-order valence-corrected chi connectivity index (χ4v) is 3.43. The van der Waals surface area contributed by atoms with E-state index in [9.17, 15) is 5.26 Å². The third kappa shape index (κ3) is 3.77. The summed E-state index contributed by atoms with van der Waals surface area (Å²) in [5.41, 5.74) is 1.92. The molecule has 1 aromatic heterocycles. The van der Waals surface area contributed by atoms with Gasteiger partial charge in [0.05, 0.1) is 11.6 Å². The minimum absolute atomic E-state index is 0.595. The molecule has 0 spiro atoms. The highest BCUT2D eigenvalue weighted by atomic mass is 15.3. The number of aromatic nitrogens is 3. The lowest BCUT2D eigenvalue weighted by molar-refractivity contribution is 0.152. The monoisotopic (exact) mass is 309 g/mol. The quantitative estimate of drug-likeness (QED) is 0.871. The van der Waals surface area contributed by atoms with Gasteiger partial charge in [0.2, 0.25) is 0 Å². The van der Waals surface area contributed by atoms with Crippen molar-refractivity contribution in [3.8, 4) is 6.07 Å². The van der Waals surface area contributed by atoms with E-state index in [0.717, 1.165) is 49.0 Å². The molecule has 0 amide bonds. The highest BCUT2D eigenvalue weighted by Crippen LogP contribution is 2.21. The molecule has 23 heavy (non-hydrogen) atoms. The van der Waals surface area contributed by atoms with Crippen molar-refractivity contribution in [2.45, 2.75) is 39.8 Å². The maximum atomic E-state index is 9.24. The molecule has 0 N–H and O–H groups in total. The van der Waals surface area contributed by atoms with Gasteiger partial charge in [-0.25, -0.2) is 9.67 Å². The predicted octanol–water partition coefficient (Wildman–Crippen LogP) is 2.68. The van der Waals surface area contributed by atoms with Gasteiger partial charge in [0.1, 0.15) is 11.6 Å². The first-order chi connectivity index (χ1) is 11.2. The molecule has 2 heterocycles. The molecule has 1 unspecified atom stereocenters. The minimum Gasteiger partial charge on any atom is -0.299 e. The molecule has 2 aromatic rings. The van der Waals surface area contributed by atoms with Crippen molar-refractivity contribution in [2.24, 2.45) is 5.92 Å². The van der Waals surface area contributed by atoms with Crippen LogP contribution in [0.1, 0.15) is 35.6 Å². The Morgan fingerprint density at radius 2 is 2.13 bits per heavy atom. The van der Waals surface area contributed by atoms with E-state index in [-0.39, 0.29) is 0 Å². The second-order valence-corrected chi connectivity index (χ2v) is 6.40. The van der Waals surface area contributed by atoms with Gasteiger partial charge >= 0.3 is 0 Å². The number of hydrogen-bond donors (Lipinski definition) is 0. The van der Waals surface area contributed by atoms with E-state index < -0.39 is 0 Å². The van der Waals surface area contributed by atoms with Crippen molar-refractivity contribution in [2.75, 3.05) is 13.1 Å². The van der Waals surface area contributed by atoms with Gasteiger partial charge < -0.3 is 0 Å². The predicted molar refractivity (Wildman–Crippen MR) is 88.7 cm³/mol. The molecule has 0 bridgehead atoms. The molecule has 120 valence electrons. The Balaban J connectivity index is 1.64. The lowest BCUT2D eigenvalue weighted by atomic mass is 9.97. The van der Waals surface area contributed by atoms with Crippen molar-refractivity contribution in [1.29, 1.82) is 5.26 Å². The lowest BCUT2D eigenvalue weighted by Crippen LogP contribution is -2.37. The van der Waals surface area contributed by atoms with Crippen LogP contribution in [-0.2, 0) is 13.1 Å². The molecule has 0 aliphatic carbocycles. The van der Waals surface area contributed by atoms with Gasteiger partial charge in [-0.15, -0.1) is 0 Å². The highest BCUT2D eigenvalue weighted by Gasteiger charge is 2.22. The third-order valence-corrected chi connectivity index (χ3v) is 4.53. The van der Waals surface area contributed by atoms with Crippen LogP contribution in [0.2, 0.25) is 0 Å². The largest absolute Gasteiger partial charge is 0.299 e. The van der Waals surface area contributed by atoms with Crippen LogP contribution < -0.4 is 0 Å². The lowest BCUT2D eigenvalue weighted by Gasteiger charge is -2.33. The van der Waals surface area contributed by atoms with Gasteiger partial charge in [-0.05, 0) is 50.8 Å². The molecule has 5 nitrogen and oxygen atoms in total. The summed E-state index contributed by atoms with van der Waals surface area (Å²) in [6, 6.07) is 10.2. The topological polar surface area (TPSA) is 57.7 Å². The zero-order valence-electron chi connectivity index (χ0n) is 13.9. The van der Waals surface area contributed by atoms with E-state index in [1.54, 1.807) is 0 Å². The Hall–Kier alpha value is -2.19. The number of piperidine rings is 1. The Bertz CT molecular complexity index is 712. The van der Waals surface area contributed by atoms with Crippen LogP contribution in [0.15, 0.2) is 24.3 Å². The fourth-order valence-electron chi connectivity index (χ4n) is 3.43. The Morgan fingerprint density at radius 1 is 1.30 bits per heavy atom. The Morgan fingerprint density at radius 3 is 2.87 bits per heavy atom. The number of benzene rings is 1. The summed E-state index contributed by atoms with van der Waals surface area (Å²) in [5, 5.41) is 13.7. The summed E-state index contributed by atoms with van der Waals surface area (Å²) < 4.78 is 2.03. The van der Waals surface area contributed by atoms with Gasteiger partial charge in [-0.3, -0.25) is 4.90 Å². The fraction of sp³-hybridized carbons (Fsp3) is 0.500. The van der Waals surface area contributed by atoms with Crippen LogP contribution in [0.25, 0.3) is 0 Å². The van der Waals surface area contributed by atoms with Gasteiger partial charge in [-0.2, -0.15) is 10.4 Å². The molecule has 1 aliphatic rings. The van der Waals surface area contributed by atoms with Gasteiger partial charge in [0.15, 0.2) is 0 Å². The van der Waals surface area contributed by atoms with Crippen LogP contribution in [0.4, 0.5) is 0 Å². The summed E-state index contributed by atoms with van der Waals surface area (Å²) in [6.45, 7) is 7.90. The van der Waals surface area contributed by atoms with E-state index >= 15 is 0 Å². The summed E-state index contributed by atoms with van der Waals surface area (Å²) in [6.07, 6.45) is 2.43. The van der Waals surface area contributed by atoms with E-state index in [2.05, 4.69) is 27.1 Å². The van der Waals surface area contributed by atoms with Crippen molar-refractivity contribution in [1.82, 2.24) is 19.7 Å². The van der Waals surface area contributed by atoms with Crippen LogP contribution in [0, 0.1) is 31.1 Å². The Labute approximate surface area is 137 Å². The number of nitrogens with zero attached hydrogens (tertiary/aromatic N) is 5. The maximum Gasteiger partial charge on any atom is 0.147 e. The second-order valence-electron chi connectivity index (χ2n) is 6.40. The average Bonchev–Trinajstić information content (AvgIpc) is 2.86. The van der Waals surface area contributed by atoms with Gasteiger partial charge in [-0.1, -0.05) is 18.2 Å². The van der Waals surface area contributed by atoms with Crippen LogP contribution >= 0.6 is 0 Å². The van der Waals surface area contributed by atoms with Gasteiger partial charge in [0, 0.05) is 19.6 Å². The summed E-state index contributed by atoms with van der Waals surface area (Å²) in [4.78, 5) is 6.85. The van der Waals surface area contributed by atoms with E-state index in [1.807, 2.05) is 36.7 Å².